The Labute approximate surface area is 148 Å². The van der Waals surface area contributed by atoms with Gasteiger partial charge in [-0.2, -0.15) is 0 Å². The Morgan fingerprint density at radius 1 is 0.739 bits per heavy atom. The van der Waals surface area contributed by atoms with Gasteiger partial charge in [0.15, 0.2) is 0 Å². The molecule has 1 saturated carbocycles. The zero-order chi connectivity index (χ0) is 15.9. The topological polar surface area (TPSA) is 3.24 Å². The summed E-state index contributed by atoms with van der Waals surface area (Å²) in [5.41, 5.74) is 2.84. The SMILES string of the molecule is BrC[C@H]1CC[C@H](N(Cc2ccccc2)Cc2ccccc2)CC1. The summed E-state index contributed by atoms with van der Waals surface area (Å²) in [6.07, 6.45) is 5.37. The molecule has 1 aliphatic rings. The van der Waals surface area contributed by atoms with Crippen molar-refractivity contribution < 1.29 is 0 Å². The maximum Gasteiger partial charge on any atom is 0.0240 e. The molecule has 1 nitrogen and oxygen atoms in total. The number of hydrogen-bond acceptors (Lipinski definition) is 1. The Morgan fingerprint density at radius 2 is 1.22 bits per heavy atom. The number of halogens is 1. The van der Waals surface area contributed by atoms with Crippen molar-refractivity contribution in [1.29, 1.82) is 0 Å². The highest BCUT2D eigenvalue weighted by Crippen LogP contribution is 2.30. The van der Waals surface area contributed by atoms with Crippen molar-refractivity contribution in [1.82, 2.24) is 4.90 Å². The maximum absolute atomic E-state index is 3.66. The molecule has 2 aromatic rings. The van der Waals surface area contributed by atoms with Crippen LogP contribution in [0.3, 0.4) is 0 Å². The van der Waals surface area contributed by atoms with E-state index >= 15 is 0 Å². The molecule has 0 atom stereocenters. The van der Waals surface area contributed by atoms with Gasteiger partial charge in [-0.25, -0.2) is 0 Å². The first-order valence-corrected chi connectivity index (χ1v) is 9.85. The molecule has 2 heteroatoms. The van der Waals surface area contributed by atoms with E-state index in [9.17, 15) is 0 Å². The summed E-state index contributed by atoms with van der Waals surface area (Å²) < 4.78 is 0. The zero-order valence-corrected chi connectivity index (χ0v) is 15.3. The number of hydrogen-bond donors (Lipinski definition) is 0. The maximum atomic E-state index is 3.66. The van der Waals surface area contributed by atoms with E-state index in [1.165, 1.54) is 36.8 Å². The van der Waals surface area contributed by atoms with Gasteiger partial charge in [-0.15, -0.1) is 0 Å². The molecule has 0 aliphatic heterocycles. The Morgan fingerprint density at radius 3 is 1.65 bits per heavy atom. The average Bonchev–Trinajstić information content (AvgIpc) is 2.63. The lowest BCUT2D eigenvalue weighted by atomic mass is 9.86. The van der Waals surface area contributed by atoms with Crippen molar-refractivity contribution >= 4 is 15.9 Å². The van der Waals surface area contributed by atoms with Crippen LogP contribution in [0.2, 0.25) is 0 Å². The van der Waals surface area contributed by atoms with Gasteiger partial charge >= 0.3 is 0 Å². The van der Waals surface area contributed by atoms with Crippen molar-refractivity contribution in [2.45, 2.75) is 44.8 Å². The van der Waals surface area contributed by atoms with E-state index in [4.69, 9.17) is 0 Å². The monoisotopic (exact) mass is 371 g/mol. The zero-order valence-electron chi connectivity index (χ0n) is 13.7. The molecule has 122 valence electrons. The normalized spacial score (nSPS) is 21.5. The van der Waals surface area contributed by atoms with Crippen LogP contribution >= 0.6 is 15.9 Å². The van der Waals surface area contributed by atoms with Gasteiger partial charge in [-0.05, 0) is 42.7 Å². The number of benzene rings is 2. The molecule has 0 heterocycles. The Kier molecular flexibility index (Phi) is 6.29. The van der Waals surface area contributed by atoms with E-state index < -0.39 is 0 Å². The minimum atomic E-state index is 0.714. The highest BCUT2D eigenvalue weighted by atomic mass is 79.9. The molecule has 1 aliphatic carbocycles. The van der Waals surface area contributed by atoms with Gasteiger partial charge in [-0.1, -0.05) is 76.6 Å². The Balaban J connectivity index is 1.70. The van der Waals surface area contributed by atoms with Crippen LogP contribution < -0.4 is 0 Å². The van der Waals surface area contributed by atoms with E-state index in [-0.39, 0.29) is 0 Å². The lowest BCUT2D eigenvalue weighted by Crippen LogP contribution is -2.37. The number of alkyl halides is 1. The highest BCUT2D eigenvalue weighted by molar-refractivity contribution is 9.09. The molecule has 0 N–H and O–H groups in total. The Hall–Kier alpha value is -1.12. The predicted molar refractivity (Wildman–Crippen MR) is 102 cm³/mol. The first-order chi connectivity index (χ1) is 11.3. The molecular weight excluding hydrogens is 346 g/mol. The molecule has 0 spiro atoms. The van der Waals surface area contributed by atoms with Crippen LogP contribution in [-0.2, 0) is 13.1 Å². The summed E-state index contributed by atoms with van der Waals surface area (Å²) in [5, 5.41) is 1.16. The molecule has 2 aromatic carbocycles. The van der Waals surface area contributed by atoms with Crippen molar-refractivity contribution in [2.24, 2.45) is 5.92 Å². The molecule has 0 saturated heterocycles. The minimum Gasteiger partial charge on any atom is -0.292 e. The first kappa shape index (κ1) is 16.7. The van der Waals surface area contributed by atoms with Crippen molar-refractivity contribution in [2.75, 3.05) is 5.33 Å². The van der Waals surface area contributed by atoms with Gasteiger partial charge in [0.2, 0.25) is 0 Å². The highest BCUT2D eigenvalue weighted by Gasteiger charge is 2.25. The van der Waals surface area contributed by atoms with E-state index in [0.717, 1.165) is 24.3 Å². The largest absolute Gasteiger partial charge is 0.292 e. The lowest BCUT2D eigenvalue weighted by molar-refractivity contribution is 0.126. The van der Waals surface area contributed by atoms with E-state index in [1.54, 1.807) is 0 Å². The number of nitrogens with zero attached hydrogens (tertiary/aromatic N) is 1. The Bertz CT molecular complexity index is 519. The van der Waals surface area contributed by atoms with Crippen LogP contribution in [0.15, 0.2) is 60.7 Å². The van der Waals surface area contributed by atoms with Gasteiger partial charge in [0, 0.05) is 24.5 Å². The number of rotatable bonds is 6. The molecule has 0 aromatic heterocycles. The van der Waals surface area contributed by atoms with Crippen LogP contribution in [0.5, 0.6) is 0 Å². The summed E-state index contributed by atoms with van der Waals surface area (Å²) in [6, 6.07) is 22.5. The van der Waals surface area contributed by atoms with Crippen molar-refractivity contribution in [3.8, 4) is 0 Å². The molecule has 0 unspecified atom stereocenters. The standard InChI is InChI=1S/C21H26BrN/c22-15-18-11-13-21(14-12-18)23(16-19-7-3-1-4-8-19)17-20-9-5-2-6-10-20/h1-10,18,21H,11-17H2/t18-,21-. The summed E-state index contributed by atoms with van der Waals surface area (Å²) in [5.74, 6) is 0.876. The summed E-state index contributed by atoms with van der Waals surface area (Å²) in [6.45, 7) is 2.11. The van der Waals surface area contributed by atoms with Crippen LogP contribution in [0.1, 0.15) is 36.8 Å². The third-order valence-electron chi connectivity index (χ3n) is 5.01. The molecule has 1 fully saturated rings. The predicted octanol–water partition coefficient (Wildman–Crippen LogP) is 5.64. The molecule has 3 rings (SSSR count). The quantitative estimate of drug-likeness (QED) is 0.593. The minimum absolute atomic E-state index is 0.714. The fourth-order valence-electron chi connectivity index (χ4n) is 3.61. The summed E-state index contributed by atoms with van der Waals surface area (Å²) in [4.78, 5) is 2.69. The van der Waals surface area contributed by atoms with E-state index in [1.807, 2.05) is 0 Å². The van der Waals surface area contributed by atoms with Crippen LogP contribution in [-0.4, -0.2) is 16.3 Å². The molecular formula is C21H26BrN. The van der Waals surface area contributed by atoms with E-state index in [0.29, 0.717) is 6.04 Å². The lowest BCUT2D eigenvalue weighted by Gasteiger charge is -2.37. The van der Waals surface area contributed by atoms with Crippen LogP contribution in [0.25, 0.3) is 0 Å². The van der Waals surface area contributed by atoms with Gasteiger partial charge in [0.05, 0.1) is 0 Å². The molecule has 0 radical (unpaired) electrons. The van der Waals surface area contributed by atoms with Gasteiger partial charge in [-0.3, -0.25) is 4.90 Å². The smallest absolute Gasteiger partial charge is 0.0240 e. The van der Waals surface area contributed by atoms with Crippen LogP contribution in [0, 0.1) is 5.92 Å². The molecule has 23 heavy (non-hydrogen) atoms. The van der Waals surface area contributed by atoms with Crippen molar-refractivity contribution in [3.05, 3.63) is 71.8 Å². The first-order valence-electron chi connectivity index (χ1n) is 8.73. The molecule has 0 amide bonds. The van der Waals surface area contributed by atoms with Gasteiger partial charge in [0.1, 0.15) is 0 Å². The fourth-order valence-corrected chi connectivity index (χ4v) is 4.26. The summed E-state index contributed by atoms with van der Waals surface area (Å²) >= 11 is 3.66. The van der Waals surface area contributed by atoms with Crippen molar-refractivity contribution in [3.63, 3.8) is 0 Å². The van der Waals surface area contributed by atoms with E-state index in [2.05, 4.69) is 81.5 Å². The fraction of sp³-hybridized carbons (Fsp3) is 0.429. The third-order valence-corrected chi connectivity index (χ3v) is 5.92. The second kappa shape index (κ2) is 8.65. The van der Waals surface area contributed by atoms with Crippen LogP contribution in [0.4, 0.5) is 0 Å². The van der Waals surface area contributed by atoms with Gasteiger partial charge < -0.3 is 0 Å². The summed E-state index contributed by atoms with van der Waals surface area (Å²) in [7, 11) is 0. The second-order valence-corrected chi connectivity index (χ2v) is 7.35. The molecule has 0 bridgehead atoms. The third kappa shape index (κ3) is 4.92. The van der Waals surface area contributed by atoms with Gasteiger partial charge in [0.25, 0.3) is 0 Å². The average molecular weight is 372 g/mol. The second-order valence-electron chi connectivity index (χ2n) is 6.71.